The number of thiophene rings is 1. The third kappa shape index (κ3) is 2.81. The first-order valence-corrected chi connectivity index (χ1v) is 7.23. The molecule has 0 bridgehead atoms. The maximum absolute atomic E-state index is 12.0. The summed E-state index contributed by atoms with van der Waals surface area (Å²) < 4.78 is 0.326. The lowest BCUT2D eigenvalue weighted by Gasteiger charge is -2.01. The van der Waals surface area contributed by atoms with Crippen molar-refractivity contribution in [3.8, 4) is 0 Å². The van der Waals surface area contributed by atoms with Crippen molar-refractivity contribution >= 4 is 39.1 Å². The Balaban J connectivity index is 2.01. The molecule has 1 aromatic carbocycles. The van der Waals surface area contributed by atoms with E-state index in [-0.39, 0.29) is 10.4 Å². The first-order valence-electron chi connectivity index (χ1n) is 6.03. The van der Waals surface area contributed by atoms with Crippen LogP contribution in [-0.2, 0) is 6.42 Å². The second kappa shape index (κ2) is 5.31. The highest BCUT2D eigenvalue weighted by Crippen LogP contribution is 2.21. The SMILES string of the molecule is O=C(O)c1cc2nc(Cc3ccc(Cl)cc3)[nH]c(=O)c2s1. The molecule has 0 saturated heterocycles. The molecular weight excluding hydrogens is 312 g/mol. The monoisotopic (exact) mass is 320 g/mol. The number of aromatic amines is 1. The fraction of sp³-hybridized carbons (Fsp3) is 0.0714. The Kier molecular flexibility index (Phi) is 3.48. The van der Waals surface area contributed by atoms with E-state index in [4.69, 9.17) is 16.7 Å². The lowest BCUT2D eigenvalue weighted by Crippen LogP contribution is -2.10. The number of carbonyl (C=O) groups is 1. The van der Waals surface area contributed by atoms with Crippen LogP contribution in [0.25, 0.3) is 10.2 Å². The fourth-order valence-corrected chi connectivity index (χ4v) is 2.93. The van der Waals surface area contributed by atoms with Crippen molar-refractivity contribution in [2.45, 2.75) is 6.42 Å². The minimum absolute atomic E-state index is 0.103. The van der Waals surface area contributed by atoms with E-state index in [1.807, 2.05) is 12.1 Å². The van der Waals surface area contributed by atoms with E-state index in [1.54, 1.807) is 12.1 Å². The van der Waals surface area contributed by atoms with Crippen molar-refractivity contribution in [3.63, 3.8) is 0 Å². The zero-order chi connectivity index (χ0) is 15.0. The van der Waals surface area contributed by atoms with Crippen LogP contribution in [0.15, 0.2) is 35.1 Å². The molecule has 7 heteroatoms. The van der Waals surface area contributed by atoms with Crippen LogP contribution < -0.4 is 5.56 Å². The maximum atomic E-state index is 12.0. The van der Waals surface area contributed by atoms with Gasteiger partial charge >= 0.3 is 5.97 Å². The highest BCUT2D eigenvalue weighted by atomic mass is 35.5. The molecule has 2 N–H and O–H groups in total. The highest BCUT2D eigenvalue weighted by Gasteiger charge is 2.13. The molecule has 5 nitrogen and oxygen atoms in total. The molecule has 0 atom stereocenters. The van der Waals surface area contributed by atoms with Gasteiger partial charge in [-0.2, -0.15) is 0 Å². The molecule has 0 unspecified atom stereocenters. The van der Waals surface area contributed by atoms with Crippen molar-refractivity contribution in [1.82, 2.24) is 9.97 Å². The summed E-state index contributed by atoms with van der Waals surface area (Å²) in [5.74, 6) is -0.568. The Morgan fingerprint density at radius 3 is 2.71 bits per heavy atom. The van der Waals surface area contributed by atoms with Crippen LogP contribution in [0.1, 0.15) is 21.1 Å². The average Bonchev–Trinajstić information content (AvgIpc) is 2.86. The molecule has 0 radical (unpaired) electrons. The van der Waals surface area contributed by atoms with Crippen molar-refractivity contribution in [1.29, 1.82) is 0 Å². The average molecular weight is 321 g/mol. The third-order valence-corrected chi connectivity index (χ3v) is 4.29. The summed E-state index contributed by atoms with van der Waals surface area (Å²) in [6, 6.07) is 8.65. The van der Waals surface area contributed by atoms with Crippen molar-refractivity contribution < 1.29 is 9.90 Å². The molecule has 0 saturated carbocycles. The standard InChI is InChI=1S/C14H9ClN2O3S/c15-8-3-1-7(2-4-8)5-11-16-9-6-10(14(19)20)21-12(9)13(18)17-11/h1-4,6H,5H2,(H,19,20)(H,16,17,18). The molecule has 2 aromatic heterocycles. The second-order valence-corrected chi connectivity index (χ2v) is 5.93. The van der Waals surface area contributed by atoms with E-state index in [1.165, 1.54) is 6.07 Å². The van der Waals surface area contributed by atoms with E-state index in [0.717, 1.165) is 16.9 Å². The van der Waals surface area contributed by atoms with Gasteiger partial charge in [-0.3, -0.25) is 4.79 Å². The van der Waals surface area contributed by atoms with Crippen LogP contribution in [0.3, 0.4) is 0 Å². The van der Waals surface area contributed by atoms with Gasteiger partial charge in [0.05, 0.1) is 5.52 Å². The van der Waals surface area contributed by atoms with E-state index in [9.17, 15) is 9.59 Å². The molecule has 3 rings (SSSR count). The van der Waals surface area contributed by atoms with Crippen LogP contribution in [0.5, 0.6) is 0 Å². The van der Waals surface area contributed by atoms with Crippen LogP contribution in [-0.4, -0.2) is 21.0 Å². The predicted octanol–water partition coefficient (Wildman–Crippen LogP) is 2.93. The summed E-state index contributed by atoms with van der Waals surface area (Å²) in [5.41, 5.74) is 1.04. The smallest absolute Gasteiger partial charge is 0.345 e. The van der Waals surface area contributed by atoms with Crippen molar-refractivity contribution in [2.75, 3.05) is 0 Å². The van der Waals surface area contributed by atoms with E-state index in [0.29, 0.717) is 27.5 Å². The largest absolute Gasteiger partial charge is 0.477 e. The van der Waals surface area contributed by atoms with E-state index < -0.39 is 5.97 Å². The molecule has 0 amide bonds. The second-order valence-electron chi connectivity index (χ2n) is 4.45. The number of nitrogens with zero attached hydrogens (tertiary/aromatic N) is 1. The summed E-state index contributed by atoms with van der Waals surface area (Å²) in [5, 5.41) is 9.60. The van der Waals surface area contributed by atoms with Crippen LogP contribution in [0.2, 0.25) is 5.02 Å². The normalized spacial score (nSPS) is 10.9. The Hall–Kier alpha value is -2.18. The van der Waals surface area contributed by atoms with Crippen molar-refractivity contribution in [2.24, 2.45) is 0 Å². The van der Waals surface area contributed by atoms with Gasteiger partial charge in [-0.15, -0.1) is 11.3 Å². The molecule has 0 aliphatic carbocycles. The number of hydrogen-bond acceptors (Lipinski definition) is 4. The lowest BCUT2D eigenvalue weighted by molar-refractivity contribution is 0.0702. The molecule has 0 aliphatic heterocycles. The van der Waals surface area contributed by atoms with Gasteiger partial charge in [-0.25, -0.2) is 9.78 Å². The number of fused-ring (bicyclic) bond motifs is 1. The molecule has 0 fully saturated rings. The van der Waals surface area contributed by atoms with Gasteiger partial charge in [0, 0.05) is 11.4 Å². The number of benzene rings is 1. The van der Waals surface area contributed by atoms with Crippen LogP contribution in [0.4, 0.5) is 0 Å². The van der Waals surface area contributed by atoms with Crippen LogP contribution >= 0.6 is 22.9 Å². The third-order valence-electron chi connectivity index (χ3n) is 2.93. The minimum Gasteiger partial charge on any atom is -0.477 e. The zero-order valence-electron chi connectivity index (χ0n) is 10.6. The molecule has 3 aromatic rings. The fourth-order valence-electron chi connectivity index (χ4n) is 1.97. The Bertz CT molecular complexity index is 883. The number of carboxylic acid groups (broad SMARTS) is 1. The van der Waals surface area contributed by atoms with Gasteiger partial charge < -0.3 is 10.1 Å². The first-order chi connectivity index (χ1) is 10.0. The highest BCUT2D eigenvalue weighted by molar-refractivity contribution is 7.20. The number of aromatic carboxylic acids is 1. The van der Waals surface area contributed by atoms with Gasteiger partial charge in [-0.1, -0.05) is 23.7 Å². The number of carboxylic acids is 1. The summed E-state index contributed by atoms with van der Waals surface area (Å²) >= 11 is 6.75. The molecule has 2 heterocycles. The quantitative estimate of drug-likeness (QED) is 0.777. The number of nitrogens with one attached hydrogen (secondary N) is 1. The van der Waals surface area contributed by atoms with Gasteiger partial charge in [0.25, 0.3) is 5.56 Å². The molecule has 21 heavy (non-hydrogen) atoms. The molecule has 0 aliphatic rings. The molecule has 106 valence electrons. The Morgan fingerprint density at radius 2 is 2.05 bits per heavy atom. The van der Waals surface area contributed by atoms with E-state index in [2.05, 4.69) is 9.97 Å². The summed E-state index contributed by atoms with van der Waals surface area (Å²) in [7, 11) is 0. The predicted molar refractivity (Wildman–Crippen MR) is 81.5 cm³/mol. The van der Waals surface area contributed by atoms with Gasteiger partial charge in [0.2, 0.25) is 0 Å². The Morgan fingerprint density at radius 1 is 1.33 bits per heavy atom. The van der Waals surface area contributed by atoms with Gasteiger partial charge in [0.15, 0.2) is 0 Å². The van der Waals surface area contributed by atoms with Crippen LogP contribution in [0, 0.1) is 0 Å². The van der Waals surface area contributed by atoms with E-state index >= 15 is 0 Å². The molecule has 0 spiro atoms. The number of H-pyrrole nitrogens is 1. The maximum Gasteiger partial charge on any atom is 0.345 e. The Labute approximate surface area is 127 Å². The summed E-state index contributed by atoms with van der Waals surface area (Å²) in [6.45, 7) is 0. The number of halogens is 1. The minimum atomic E-state index is -1.06. The topological polar surface area (TPSA) is 83.0 Å². The number of rotatable bonds is 3. The van der Waals surface area contributed by atoms with Gasteiger partial charge in [-0.05, 0) is 23.8 Å². The summed E-state index contributed by atoms with van der Waals surface area (Å²) in [6.07, 6.45) is 0.445. The lowest BCUT2D eigenvalue weighted by atomic mass is 10.1. The number of aromatic nitrogens is 2. The van der Waals surface area contributed by atoms with Gasteiger partial charge in [0.1, 0.15) is 15.4 Å². The molecular formula is C14H9ClN2O3S. The number of hydrogen-bond donors (Lipinski definition) is 2. The summed E-state index contributed by atoms with van der Waals surface area (Å²) in [4.78, 5) is 30.0. The first kappa shape index (κ1) is 13.8. The zero-order valence-corrected chi connectivity index (χ0v) is 12.2. The van der Waals surface area contributed by atoms with Crippen molar-refractivity contribution in [3.05, 3.63) is 62.0 Å².